The number of anilines is 1. The normalized spacial score (nSPS) is 17.3. The smallest absolute Gasteiger partial charge is 0.338 e. The van der Waals surface area contributed by atoms with Crippen molar-refractivity contribution in [3.63, 3.8) is 0 Å². The molecular weight excluding hydrogens is 542 g/mol. The number of ether oxygens (including phenoxy) is 3. The highest BCUT2D eigenvalue weighted by Crippen LogP contribution is 2.35. The van der Waals surface area contributed by atoms with E-state index in [-0.39, 0.29) is 12.2 Å². The van der Waals surface area contributed by atoms with Crippen molar-refractivity contribution in [3.05, 3.63) is 109 Å². The Hall–Kier alpha value is -4.41. The summed E-state index contributed by atoms with van der Waals surface area (Å²) < 4.78 is 24.4. The fourth-order valence-corrected chi connectivity index (χ4v) is 6.03. The summed E-state index contributed by atoms with van der Waals surface area (Å²) in [6.07, 6.45) is 1.73. The molecule has 4 heterocycles. The van der Waals surface area contributed by atoms with Gasteiger partial charge < -0.3 is 23.5 Å². The first kappa shape index (κ1) is 26.8. The Morgan fingerprint density at radius 1 is 1.07 bits per heavy atom. The number of esters is 1. The predicted molar refractivity (Wildman–Crippen MR) is 156 cm³/mol. The number of benzene rings is 2. The topological polar surface area (TPSA) is 95.5 Å². The van der Waals surface area contributed by atoms with E-state index in [2.05, 4.69) is 4.90 Å². The second-order valence-electron chi connectivity index (χ2n) is 9.48. The van der Waals surface area contributed by atoms with Crippen molar-refractivity contribution < 1.29 is 23.4 Å². The number of furan rings is 1. The van der Waals surface area contributed by atoms with E-state index < -0.39 is 12.0 Å². The molecule has 2 aromatic carbocycles. The van der Waals surface area contributed by atoms with Crippen molar-refractivity contribution in [1.82, 2.24) is 4.57 Å². The zero-order valence-electron chi connectivity index (χ0n) is 22.7. The Bertz CT molecular complexity index is 1760. The summed E-state index contributed by atoms with van der Waals surface area (Å²) in [5.41, 5.74) is 2.00. The Morgan fingerprint density at radius 2 is 1.83 bits per heavy atom. The van der Waals surface area contributed by atoms with Crippen LogP contribution in [-0.4, -0.2) is 50.6 Å². The largest absolute Gasteiger partial charge is 0.497 e. The van der Waals surface area contributed by atoms with E-state index in [0.29, 0.717) is 45.3 Å². The van der Waals surface area contributed by atoms with Crippen LogP contribution in [0, 0.1) is 0 Å². The average molecular weight is 572 g/mol. The van der Waals surface area contributed by atoms with E-state index in [1.807, 2.05) is 66.7 Å². The van der Waals surface area contributed by atoms with Crippen LogP contribution in [0.5, 0.6) is 5.75 Å². The fraction of sp³-hybridized carbons (Fsp3) is 0.258. The standard InChI is InChI=1S/C31H29N3O6S/c1-3-39-30(36)26-27(20-7-5-4-6-8-20)32-31-34(28(26)21-9-11-22(37-2)12-10-21)29(35)24(41-31)19-23-13-14-25(40-23)33-15-17-38-18-16-33/h4-14,19,28H,3,15-18H2,1-2H3/b24-19-/t28-/m1/s1. The third-order valence-electron chi connectivity index (χ3n) is 7.01. The third kappa shape index (κ3) is 5.23. The molecule has 0 radical (unpaired) electrons. The second-order valence-corrected chi connectivity index (χ2v) is 10.5. The molecule has 4 aromatic rings. The Balaban J connectivity index is 1.54. The summed E-state index contributed by atoms with van der Waals surface area (Å²) >= 11 is 1.26. The van der Waals surface area contributed by atoms with E-state index >= 15 is 0 Å². The summed E-state index contributed by atoms with van der Waals surface area (Å²) in [5.74, 6) is 1.44. The maximum absolute atomic E-state index is 14.0. The zero-order chi connectivity index (χ0) is 28.3. The monoisotopic (exact) mass is 571 g/mol. The Morgan fingerprint density at radius 3 is 2.54 bits per heavy atom. The maximum Gasteiger partial charge on any atom is 0.338 e. The van der Waals surface area contributed by atoms with Gasteiger partial charge in [0, 0.05) is 30.8 Å². The molecule has 1 saturated heterocycles. The molecule has 10 heteroatoms. The van der Waals surface area contributed by atoms with Gasteiger partial charge in [-0.05, 0) is 30.7 Å². The molecule has 0 N–H and O–H groups in total. The van der Waals surface area contributed by atoms with Gasteiger partial charge in [-0.2, -0.15) is 0 Å². The lowest BCUT2D eigenvalue weighted by Gasteiger charge is -2.26. The maximum atomic E-state index is 14.0. The highest BCUT2D eigenvalue weighted by Gasteiger charge is 2.35. The average Bonchev–Trinajstić information content (AvgIpc) is 3.61. The van der Waals surface area contributed by atoms with Crippen molar-refractivity contribution in [2.24, 2.45) is 4.99 Å². The van der Waals surface area contributed by atoms with Crippen LogP contribution in [0.1, 0.15) is 29.9 Å². The number of rotatable bonds is 7. The molecule has 6 rings (SSSR count). The molecule has 41 heavy (non-hydrogen) atoms. The third-order valence-corrected chi connectivity index (χ3v) is 8.00. The number of hydrogen-bond donors (Lipinski definition) is 0. The lowest BCUT2D eigenvalue weighted by molar-refractivity contribution is -0.138. The number of methoxy groups -OCH3 is 1. The van der Waals surface area contributed by atoms with Gasteiger partial charge in [0.15, 0.2) is 10.7 Å². The molecular formula is C31H29N3O6S. The first-order chi connectivity index (χ1) is 20.1. The van der Waals surface area contributed by atoms with Gasteiger partial charge in [0.25, 0.3) is 5.56 Å². The van der Waals surface area contributed by atoms with E-state index in [1.165, 1.54) is 11.3 Å². The summed E-state index contributed by atoms with van der Waals surface area (Å²) in [4.78, 5) is 35.0. The van der Waals surface area contributed by atoms with Gasteiger partial charge in [0.2, 0.25) is 0 Å². The molecule has 0 aliphatic carbocycles. The molecule has 2 aliphatic rings. The molecule has 0 bridgehead atoms. The molecule has 210 valence electrons. The van der Waals surface area contributed by atoms with Crippen molar-refractivity contribution >= 4 is 35.0 Å². The van der Waals surface area contributed by atoms with Gasteiger partial charge in [-0.3, -0.25) is 9.36 Å². The summed E-state index contributed by atoms with van der Waals surface area (Å²) in [5, 5.41) is 0. The van der Waals surface area contributed by atoms with E-state index in [1.54, 1.807) is 24.7 Å². The number of carbonyl (C=O) groups is 1. The molecule has 2 aliphatic heterocycles. The number of nitrogens with zero attached hydrogens (tertiary/aromatic N) is 3. The predicted octanol–water partition coefficient (Wildman–Crippen LogP) is 3.37. The van der Waals surface area contributed by atoms with Gasteiger partial charge in [0.1, 0.15) is 11.5 Å². The molecule has 0 unspecified atom stereocenters. The van der Waals surface area contributed by atoms with Gasteiger partial charge in [0.05, 0.1) is 48.8 Å². The molecule has 1 atom stereocenters. The van der Waals surface area contributed by atoms with Crippen molar-refractivity contribution in [1.29, 1.82) is 0 Å². The van der Waals surface area contributed by atoms with Crippen molar-refractivity contribution in [2.75, 3.05) is 44.9 Å². The number of fused-ring (bicyclic) bond motifs is 1. The zero-order valence-corrected chi connectivity index (χ0v) is 23.6. The summed E-state index contributed by atoms with van der Waals surface area (Å²) in [6.45, 7) is 4.73. The van der Waals surface area contributed by atoms with Gasteiger partial charge in [-0.1, -0.05) is 53.8 Å². The van der Waals surface area contributed by atoms with Gasteiger partial charge in [-0.15, -0.1) is 0 Å². The lowest BCUT2D eigenvalue weighted by Crippen LogP contribution is -2.40. The lowest BCUT2D eigenvalue weighted by atomic mass is 9.93. The van der Waals surface area contributed by atoms with E-state index in [9.17, 15) is 9.59 Å². The van der Waals surface area contributed by atoms with Crippen LogP contribution in [0.25, 0.3) is 11.8 Å². The number of aromatic nitrogens is 1. The highest BCUT2D eigenvalue weighted by atomic mass is 32.1. The number of carbonyl (C=O) groups excluding carboxylic acids is 1. The van der Waals surface area contributed by atoms with Gasteiger partial charge >= 0.3 is 5.97 Å². The SMILES string of the molecule is CCOC(=O)C1=C(c2ccccc2)N=c2s/c(=C\c3ccc(N4CCOCC4)o3)c(=O)n2[C@@H]1c1ccc(OC)cc1. The summed E-state index contributed by atoms with van der Waals surface area (Å²) in [7, 11) is 1.59. The quantitative estimate of drug-likeness (QED) is 0.314. The fourth-order valence-electron chi connectivity index (χ4n) is 5.04. The van der Waals surface area contributed by atoms with E-state index in [0.717, 1.165) is 30.1 Å². The van der Waals surface area contributed by atoms with E-state index in [4.69, 9.17) is 23.6 Å². The first-order valence-electron chi connectivity index (χ1n) is 13.4. The van der Waals surface area contributed by atoms with Crippen LogP contribution in [-0.2, 0) is 14.3 Å². The number of morpholine rings is 1. The van der Waals surface area contributed by atoms with Crippen molar-refractivity contribution in [3.8, 4) is 5.75 Å². The van der Waals surface area contributed by atoms with Crippen LogP contribution in [0.3, 0.4) is 0 Å². The molecule has 1 fully saturated rings. The summed E-state index contributed by atoms with van der Waals surface area (Å²) in [6, 6.07) is 19.8. The van der Waals surface area contributed by atoms with Crippen LogP contribution in [0.2, 0.25) is 0 Å². The molecule has 0 spiro atoms. The van der Waals surface area contributed by atoms with Crippen LogP contribution in [0.15, 0.2) is 86.5 Å². The minimum Gasteiger partial charge on any atom is -0.497 e. The molecule has 0 saturated carbocycles. The molecule has 0 amide bonds. The number of hydrogen-bond acceptors (Lipinski definition) is 9. The first-order valence-corrected chi connectivity index (χ1v) is 14.2. The second kappa shape index (κ2) is 11.6. The van der Waals surface area contributed by atoms with Crippen molar-refractivity contribution in [2.45, 2.75) is 13.0 Å². The van der Waals surface area contributed by atoms with Crippen LogP contribution >= 0.6 is 11.3 Å². The van der Waals surface area contributed by atoms with Gasteiger partial charge in [-0.25, -0.2) is 9.79 Å². The van der Waals surface area contributed by atoms with Crippen LogP contribution < -0.4 is 24.5 Å². The highest BCUT2D eigenvalue weighted by molar-refractivity contribution is 7.07. The minimum absolute atomic E-state index is 0.189. The Kier molecular flexibility index (Phi) is 7.58. The molecule has 2 aromatic heterocycles. The number of thiazole rings is 1. The Labute approximate surface area is 240 Å². The minimum atomic E-state index is -0.755. The molecule has 9 nitrogen and oxygen atoms in total. The van der Waals surface area contributed by atoms with Crippen LogP contribution in [0.4, 0.5) is 5.88 Å².